The van der Waals surface area contributed by atoms with Crippen molar-refractivity contribution in [3.05, 3.63) is 52.7 Å². The minimum atomic E-state index is -0.452. The van der Waals surface area contributed by atoms with E-state index in [0.717, 1.165) is 24.3 Å². The zero-order valence-corrected chi connectivity index (χ0v) is 12.0. The first kappa shape index (κ1) is 14.9. The summed E-state index contributed by atoms with van der Waals surface area (Å²) in [5, 5.41) is 3.33. The molecule has 0 amide bonds. The fourth-order valence-corrected chi connectivity index (χ4v) is 1.93. The quantitative estimate of drug-likeness (QED) is 0.780. The molecule has 1 N–H and O–H groups in total. The van der Waals surface area contributed by atoms with Crippen molar-refractivity contribution < 1.29 is 13.5 Å². The zero-order valence-electron chi connectivity index (χ0n) is 11.3. The van der Waals surface area contributed by atoms with Gasteiger partial charge in [0.05, 0.1) is 17.8 Å². The molecule has 0 aliphatic rings. The SMILES string of the molecule is CCCNCc1occc1COc1ccc(F)c(Cl)c1. The van der Waals surface area contributed by atoms with Gasteiger partial charge in [-0.2, -0.15) is 0 Å². The second-order valence-electron chi connectivity index (χ2n) is 4.41. The molecule has 1 aromatic carbocycles. The van der Waals surface area contributed by atoms with E-state index < -0.39 is 5.82 Å². The molecule has 3 nitrogen and oxygen atoms in total. The fourth-order valence-electron chi connectivity index (χ4n) is 1.76. The summed E-state index contributed by atoms with van der Waals surface area (Å²) in [6.07, 6.45) is 2.71. The highest BCUT2D eigenvalue weighted by Crippen LogP contribution is 2.22. The van der Waals surface area contributed by atoms with Crippen LogP contribution in [0.2, 0.25) is 5.02 Å². The average molecular weight is 298 g/mol. The van der Waals surface area contributed by atoms with Gasteiger partial charge in [-0.3, -0.25) is 0 Å². The van der Waals surface area contributed by atoms with Crippen LogP contribution in [0.3, 0.4) is 0 Å². The van der Waals surface area contributed by atoms with Crippen molar-refractivity contribution in [3.8, 4) is 5.75 Å². The lowest BCUT2D eigenvalue weighted by Gasteiger charge is -2.07. The third-order valence-electron chi connectivity index (χ3n) is 2.84. The van der Waals surface area contributed by atoms with Crippen LogP contribution in [0.25, 0.3) is 0 Å². The number of rotatable bonds is 7. The van der Waals surface area contributed by atoms with Gasteiger partial charge in [-0.15, -0.1) is 0 Å². The largest absolute Gasteiger partial charge is 0.489 e. The zero-order chi connectivity index (χ0) is 14.4. The lowest BCUT2D eigenvalue weighted by atomic mass is 10.2. The molecule has 2 aromatic rings. The van der Waals surface area contributed by atoms with Crippen LogP contribution < -0.4 is 10.1 Å². The van der Waals surface area contributed by atoms with Crippen LogP contribution in [0.5, 0.6) is 5.75 Å². The van der Waals surface area contributed by atoms with Crippen molar-refractivity contribution in [1.82, 2.24) is 5.32 Å². The Balaban J connectivity index is 1.93. The van der Waals surface area contributed by atoms with Gasteiger partial charge in [0.2, 0.25) is 0 Å². The van der Waals surface area contributed by atoms with Crippen LogP contribution in [0, 0.1) is 5.82 Å². The number of ether oxygens (including phenoxy) is 1. The maximum atomic E-state index is 13.0. The van der Waals surface area contributed by atoms with Crippen molar-refractivity contribution in [2.45, 2.75) is 26.5 Å². The highest BCUT2D eigenvalue weighted by atomic mass is 35.5. The lowest BCUT2D eigenvalue weighted by Crippen LogP contribution is -2.14. The van der Waals surface area contributed by atoms with Crippen molar-refractivity contribution in [3.63, 3.8) is 0 Å². The topological polar surface area (TPSA) is 34.4 Å². The molecule has 0 aliphatic carbocycles. The maximum Gasteiger partial charge on any atom is 0.142 e. The minimum absolute atomic E-state index is 0.0551. The Morgan fingerprint density at radius 3 is 2.95 bits per heavy atom. The summed E-state index contributed by atoms with van der Waals surface area (Å²) >= 11 is 5.71. The molecule has 1 aromatic heterocycles. The monoisotopic (exact) mass is 297 g/mol. The molecule has 2 rings (SSSR count). The van der Waals surface area contributed by atoms with Crippen molar-refractivity contribution in [2.75, 3.05) is 6.54 Å². The van der Waals surface area contributed by atoms with E-state index in [2.05, 4.69) is 12.2 Å². The molecule has 0 fully saturated rings. The molecule has 0 bridgehead atoms. The van der Waals surface area contributed by atoms with E-state index in [4.69, 9.17) is 20.8 Å². The van der Waals surface area contributed by atoms with E-state index >= 15 is 0 Å². The van der Waals surface area contributed by atoms with E-state index in [1.54, 1.807) is 12.3 Å². The van der Waals surface area contributed by atoms with Gasteiger partial charge >= 0.3 is 0 Å². The minimum Gasteiger partial charge on any atom is -0.489 e. The van der Waals surface area contributed by atoms with Gasteiger partial charge in [0.1, 0.15) is 23.9 Å². The summed E-state index contributed by atoms with van der Waals surface area (Å²) in [5.41, 5.74) is 0.967. The third-order valence-corrected chi connectivity index (χ3v) is 3.13. The Morgan fingerprint density at radius 1 is 1.35 bits per heavy atom. The molecule has 0 radical (unpaired) electrons. The summed E-state index contributed by atoms with van der Waals surface area (Å²) in [5.74, 6) is 0.934. The number of hydrogen-bond donors (Lipinski definition) is 1. The predicted molar refractivity (Wildman–Crippen MR) is 76.4 cm³/mol. The van der Waals surface area contributed by atoms with Crippen LogP contribution >= 0.6 is 11.6 Å². The van der Waals surface area contributed by atoms with Gasteiger partial charge in [0, 0.05) is 11.6 Å². The second-order valence-corrected chi connectivity index (χ2v) is 4.82. The van der Waals surface area contributed by atoms with Crippen molar-refractivity contribution >= 4 is 11.6 Å². The summed E-state index contributed by atoms with van der Waals surface area (Å²) in [4.78, 5) is 0. The first-order valence-corrected chi connectivity index (χ1v) is 6.92. The van der Waals surface area contributed by atoms with Gasteiger partial charge in [-0.1, -0.05) is 18.5 Å². The fraction of sp³-hybridized carbons (Fsp3) is 0.333. The van der Waals surface area contributed by atoms with Crippen LogP contribution in [-0.2, 0) is 13.2 Å². The predicted octanol–water partition coefficient (Wildman–Crippen LogP) is 4.15. The Hall–Kier alpha value is -1.52. The van der Waals surface area contributed by atoms with Gasteiger partial charge < -0.3 is 14.5 Å². The summed E-state index contributed by atoms with van der Waals surface area (Å²) in [6, 6.07) is 6.17. The van der Waals surface area contributed by atoms with E-state index in [9.17, 15) is 4.39 Å². The van der Waals surface area contributed by atoms with Crippen molar-refractivity contribution in [2.24, 2.45) is 0 Å². The van der Waals surface area contributed by atoms with E-state index in [-0.39, 0.29) is 5.02 Å². The standard InChI is InChI=1S/C15H17ClFNO2/c1-2-6-18-9-15-11(5-7-19-15)10-20-12-3-4-14(17)13(16)8-12/h3-5,7-8,18H,2,6,9-10H2,1H3. The molecule has 0 aliphatic heterocycles. The van der Waals surface area contributed by atoms with Crippen molar-refractivity contribution in [1.29, 1.82) is 0 Å². The lowest BCUT2D eigenvalue weighted by molar-refractivity contribution is 0.301. The number of nitrogens with one attached hydrogen (secondary N) is 1. The van der Waals surface area contributed by atoms with Gasteiger partial charge in [0.25, 0.3) is 0 Å². The molecule has 0 saturated carbocycles. The highest BCUT2D eigenvalue weighted by Gasteiger charge is 2.08. The number of benzene rings is 1. The van der Waals surface area contributed by atoms with Gasteiger partial charge in [-0.25, -0.2) is 4.39 Å². The van der Waals surface area contributed by atoms with Crippen LogP contribution in [0.15, 0.2) is 34.9 Å². The first-order valence-electron chi connectivity index (χ1n) is 6.54. The van der Waals surface area contributed by atoms with Gasteiger partial charge in [0.15, 0.2) is 0 Å². The van der Waals surface area contributed by atoms with Crippen LogP contribution in [-0.4, -0.2) is 6.54 Å². The number of furan rings is 1. The maximum absolute atomic E-state index is 13.0. The normalized spacial score (nSPS) is 10.8. The van der Waals surface area contributed by atoms with Crippen LogP contribution in [0.4, 0.5) is 4.39 Å². The van der Waals surface area contributed by atoms with E-state index in [1.807, 2.05) is 6.07 Å². The molecule has 0 spiro atoms. The number of hydrogen-bond acceptors (Lipinski definition) is 3. The molecule has 1 heterocycles. The van der Waals surface area contributed by atoms with E-state index in [1.165, 1.54) is 12.1 Å². The average Bonchev–Trinajstić information content (AvgIpc) is 2.88. The first-order chi connectivity index (χ1) is 9.70. The summed E-state index contributed by atoms with van der Waals surface area (Å²) in [6.45, 7) is 4.08. The highest BCUT2D eigenvalue weighted by molar-refractivity contribution is 6.30. The molecule has 108 valence electrons. The third kappa shape index (κ3) is 3.99. The Kier molecular flexibility index (Phi) is 5.44. The molecular weight excluding hydrogens is 281 g/mol. The molecule has 0 atom stereocenters. The second kappa shape index (κ2) is 7.31. The smallest absolute Gasteiger partial charge is 0.142 e. The molecule has 0 unspecified atom stereocenters. The molecule has 5 heteroatoms. The van der Waals surface area contributed by atoms with Crippen LogP contribution in [0.1, 0.15) is 24.7 Å². The Morgan fingerprint density at radius 2 is 2.20 bits per heavy atom. The van der Waals surface area contributed by atoms with Gasteiger partial charge in [-0.05, 0) is 31.2 Å². The molecule has 20 heavy (non-hydrogen) atoms. The summed E-state index contributed by atoms with van der Waals surface area (Å²) in [7, 11) is 0. The van der Waals surface area contributed by atoms with E-state index in [0.29, 0.717) is 18.9 Å². The summed E-state index contributed by atoms with van der Waals surface area (Å²) < 4.78 is 24.0. The Bertz CT molecular complexity index is 557. The Labute approximate surface area is 122 Å². The molecular formula is C15H17ClFNO2. The number of halogens is 2. The molecule has 0 saturated heterocycles.